The van der Waals surface area contributed by atoms with Gasteiger partial charge < -0.3 is 10.2 Å². The minimum absolute atomic E-state index is 0.158. The summed E-state index contributed by atoms with van der Waals surface area (Å²) in [5, 5.41) is 6.51. The number of hydrogen-bond acceptors (Lipinski definition) is 4. The lowest BCUT2D eigenvalue weighted by Gasteiger charge is -2.26. The number of nitrogens with one attached hydrogen (secondary N) is 2. The Hall–Kier alpha value is -1.63. The zero-order valence-corrected chi connectivity index (χ0v) is 14.0. The fourth-order valence-corrected chi connectivity index (χ4v) is 4.43. The minimum Gasteiger partial charge on any atom is -0.337 e. The number of nitrogens with zero attached hydrogens (tertiary/aromatic N) is 2. The maximum Gasteiger partial charge on any atom is 0.321 e. The van der Waals surface area contributed by atoms with Gasteiger partial charge in [0, 0.05) is 29.8 Å². The third-order valence-corrected chi connectivity index (χ3v) is 5.88. The number of urea groups is 1. The van der Waals surface area contributed by atoms with Crippen LogP contribution in [0.15, 0.2) is 0 Å². The van der Waals surface area contributed by atoms with Crippen LogP contribution >= 0.6 is 11.3 Å². The van der Waals surface area contributed by atoms with Crippen molar-refractivity contribution in [3.63, 3.8) is 0 Å². The summed E-state index contributed by atoms with van der Waals surface area (Å²) in [6.45, 7) is 1.40. The molecule has 7 heteroatoms. The number of anilines is 1. The summed E-state index contributed by atoms with van der Waals surface area (Å²) in [7, 11) is 0. The molecule has 1 aromatic heterocycles. The number of aromatic nitrogens is 1. The first-order valence-corrected chi connectivity index (χ1v) is 9.35. The van der Waals surface area contributed by atoms with Gasteiger partial charge in [-0.05, 0) is 25.7 Å². The Labute approximate surface area is 139 Å². The molecule has 2 heterocycles. The van der Waals surface area contributed by atoms with Crippen LogP contribution in [0.3, 0.4) is 0 Å². The largest absolute Gasteiger partial charge is 0.337 e. The van der Waals surface area contributed by atoms with Gasteiger partial charge in [0.1, 0.15) is 0 Å². The van der Waals surface area contributed by atoms with Crippen LogP contribution in [-0.4, -0.2) is 34.4 Å². The lowest BCUT2D eigenvalue weighted by Crippen LogP contribution is -2.36. The molecule has 2 N–H and O–H groups in total. The van der Waals surface area contributed by atoms with E-state index in [-0.39, 0.29) is 17.9 Å². The van der Waals surface area contributed by atoms with Crippen LogP contribution in [-0.2, 0) is 17.8 Å². The number of rotatable bonds is 3. The van der Waals surface area contributed by atoms with Crippen molar-refractivity contribution in [1.82, 2.24) is 15.2 Å². The first kappa shape index (κ1) is 14.9. The van der Waals surface area contributed by atoms with Gasteiger partial charge >= 0.3 is 6.03 Å². The number of thiazole rings is 1. The van der Waals surface area contributed by atoms with E-state index in [0.29, 0.717) is 17.7 Å². The average Bonchev–Trinajstić information content (AvgIpc) is 3.12. The molecule has 1 aromatic rings. The second-order valence-electron chi connectivity index (χ2n) is 6.75. The van der Waals surface area contributed by atoms with Gasteiger partial charge in [-0.15, -0.1) is 0 Å². The van der Waals surface area contributed by atoms with Gasteiger partial charge in [-0.1, -0.05) is 24.2 Å². The molecule has 2 fully saturated rings. The lowest BCUT2D eigenvalue weighted by atomic mass is 10.1. The Bertz CT molecular complexity index is 620. The van der Waals surface area contributed by atoms with Crippen LogP contribution in [0, 0.1) is 5.92 Å². The van der Waals surface area contributed by atoms with E-state index in [4.69, 9.17) is 0 Å². The van der Waals surface area contributed by atoms with E-state index in [1.165, 1.54) is 24.2 Å². The number of hydrogen-bond donors (Lipinski definition) is 2. The second kappa shape index (κ2) is 6.11. The Morgan fingerprint density at radius 2 is 1.96 bits per heavy atom. The summed E-state index contributed by atoms with van der Waals surface area (Å²) in [6.07, 6.45) is 7.40. The molecule has 0 aromatic carbocycles. The average molecular weight is 334 g/mol. The zero-order valence-electron chi connectivity index (χ0n) is 13.1. The normalized spacial score (nSPS) is 21.1. The van der Waals surface area contributed by atoms with Crippen molar-refractivity contribution in [3.8, 4) is 0 Å². The molecule has 0 radical (unpaired) electrons. The van der Waals surface area contributed by atoms with E-state index in [0.717, 1.165) is 49.2 Å². The van der Waals surface area contributed by atoms with E-state index < -0.39 is 0 Å². The number of amides is 3. The zero-order chi connectivity index (χ0) is 15.8. The molecule has 1 aliphatic heterocycles. The summed E-state index contributed by atoms with van der Waals surface area (Å²) in [6, 6.07) is 0.144. The molecule has 0 bridgehead atoms. The molecule has 23 heavy (non-hydrogen) atoms. The molecule has 2 aliphatic carbocycles. The van der Waals surface area contributed by atoms with Gasteiger partial charge in [0.25, 0.3) is 0 Å². The van der Waals surface area contributed by atoms with E-state index >= 15 is 0 Å². The third kappa shape index (κ3) is 3.34. The first-order valence-electron chi connectivity index (χ1n) is 8.54. The molecule has 3 aliphatic rings. The number of carbonyl (C=O) groups is 2. The Kier molecular flexibility index (Phi) is 3.97. The van der Waals surface area contributed by atoms with Gasteiger partial charge in [0.05, 0.1) is 12.2 Å². The Morgan fingerprint density at radius 1 is 1.17 bits per heavy atom. The standard InChI is InChI=1S/C16H22N4O2S/c21-14(10-5-6-10)20-8-7-12-13(9-20)23-16(18-12)19-15(22)17-11-3-1-2-4-11/h10-11H,1-9H2,(H2,17,18,19,22). The molecule has 124 valence electrons. The van der Waals surface area contributed by atoms with Crippen molar-refractivity contribution >= 4 is 28.4 Å². The summed E-state index contributed by atoms with van der Waals surface area (Å²) < 4.78 is 0. The number of fused-ring (bicyclic) bond motifs is 1. The van der Waals surface area contributed by atoms with E-state index in [1.54, 1.807) is 0 Å². The van der Waals surface area contributed by atoms with Gasteiger partial charge in [-0.3, -0.25) is 10.1 Å². The van der Waals surface area contributed by atoms with E-state index in [2.05, 4.69) is 15.6 Å². The van der Waals surface area contributed by atoms with Gasteiger partial charge in [0.2, 0.25) is 5.91 Å². The van der Waals surface area contributed by atoms with Crippen molar-refractivity contribution < 1.29 is 9.59 Å². The Morgan fingerprint density at radius 3 is 2.70 bits per heavy atom. The molecule has 2 saturated carbocycles. The second-order valence-corrected chi connectivity index (χ2v) is 7.84. The summed E-state index contributed by atoms with van der Waals surface area (Å²) in [4.78, 5) is 31.8. The molecule has 6 nitrogen and oxygen atoms in total. The molecule has 0 saturated heterocycles. The van der Waals surface area contributed by atoms with Crippen molar-refractivity contribution in [2.45, 2.75) is 57.5 Å². The van der Waals surface area contributed by atoms with Crippen LogP contribution < -0.4 is 10.6 Å². The summed E-state index contributed by atoms with van der Waals surface area (Å²) in [5.74, 6) is 0.553. The Balaban J connectivity index is 1.36. The molecule has 4 rings (SSSR count). The third-order valence-electron chi connectivity index (χ3n) is 4.88. The molecule has 0 unspecified atom stereocenters. The van der Waals surface area contributed by atoms with E-state index in [9.17, 15) is 9.59 Å². The predicted molar refractivity (Wildman–Crippen MR) is 88.4 cm³/mol. The van der Waals surface area contributed by atoms with Crippen LogP contribution in [0.1, 0.15) is 49.1 Å². The van der Waals surface area contributed by atoms with Crippen LogP contribution in [0.2, 0.25) is 0 Å². The van der Waals surface area contributed by atoms with Crippen molar-refractivity contribution in [3.05, 3.63) is 10.6 Å². The van der Waals surface area contributed by atoms with Crippen LogP contribution in [0.4, 0.5) is 9.93 Å². The molecular formula is C16H22N4O2S. The highest BCUT2D eigenvalue weighted by molar-refractivity contribution is 7.15. The minimum atomic E-state index is -0.158. The van der Waals surface area contributed by atoms with Crippen molar-refractivity contribution in [2.24, 2.45) is 5.92 Å². The van der Waals surface area contributed by atoms with E-state index in [1.807, 2.05) is 4.90 Å². The van der Waals surface area contributed by atoms with Crippen LogP contribution in [0.5, 0.6) is 0 Å². The fourth-order valence-electron chi connectivity index (χ4n) is 3.41. The molecule has 3 amide bonds. The van der Waals surface area contributed by atoms with Gasteiger partial charge in [0.15, 0.2) is 5.13 Å². The molecular weight excluding hydrogens is 312 g/mol. The maximum atomic E-state index is 12.2. The molecule has 0 spiro atoms. The highest BCUT2D eigenvalue weighted by Crippen LogP contribution is 2.34. The highest BCUT2D eigenvalue weighted by Gasteiger charge is 2.35. The van der Waals surface area contributed by atoms with Crippen molar-refractivity contribution in [1.29, 1.82) is 0 Å². The predicted octanol–water partition coefficient (Wildman–Crippen LogP) is 2.50. The quantitative estimate of drug-likeness (QED) is 0.892. The van der Waals surface area contributed by atoms with Crippen molar-refractivity contribution in [2.75, 3.05) is 11.9 Å². The first-order chi connectivity index (χ1) is 11.2. The number of carbonyl (C=O) groups excluding carboxylic acids is 2. The van der Waals surface area contributed by atoms with Gasteiger partial charge in [-0.2, -0.15) is 0 Å². The van der Waals surface area contributed by atoms with Gasteiger partial charge in [-0.25, -0.2) is 9.78 Å². The fraction of sp³-hybridized carbons (Fsp3) is 0.688. The highest BCUT2D eigenvalue weighted by atomic mass is 32.1. The monoisotopic (exact) mass is 334 g/mol. The van der Waals surface area contributed by atoms with Crippen LogP contribution in [0.25, 0.3) is 0 Å². The topological polar surface area (TPSA) is 74.3 Å². The smallest absolute Gasteiger partial charge is 0.321 e. The SMILES string of the molecule is O=C(Nc1nc2c(s1)CN(C(=O)C1CC1)CC2)NC1CCCC1. The summed E-state index contributed by atoms with van der Waals surface area (Å²) in [5.41, 5.74) is 1.03. The maximum absolute atomic E-state index is 12.2. The summed E-state index contributed by atoms with van der Waals surface area (Å²) >= 11 is 1.50. The lowest BCUT2D eigenvalue weighted by molar-refractivity contribution is -0.133. The molecule has 0 atom stereocenters.